The lowest BCUT2D eigenvalue weighted by atomic mass is 10.1. The van der Waals surface area contributed by atoms with Gasteiger partial charge < -0.3 is 15.5 Å². The number of likely N-dealkylation sites (tertiary alicyclic amines) is 1. The van der Waals surface area contributed by atoms with Crippen LogP contribution in [0, 0.1) is 0 Å². The molecule has 1 aliphatic heterocycles. The van der Waals surface area contributed by atoms with E-state index in [4.69, 9.17) is 0 Å². The Labute approximate surface area is 162 Å². The van der Waals surface area contributed by atoms with E-state index in [2.05, 4.69) is 37.6 Å². The Morgan fingerprint density at radius 2 is 1.96 bits per heavy atom. The van der Waals surface area contributed by atoms with Crippen LogP contribution in [0.2, 0.25) is 0 Å². The standard InChI is InChI=1S/C20H33N7/c1-2-21-20(22-12-6-3-7-13-26-14-8-4-9-15-26)23-17-19-25-24-18-11-5-10-16-27(18)19/h5,10-11,16H,2-4,6-9,12-15,17H2,1H3,(H2,21,22,23). The van der Waals surface area contributed by atoms with Crippen molar-refractivity contribution in [3.63, 3.8) is 0 Å². The molecule has 1 aliphatic rings. The number of rotatable bonds is 9. The van der Waals surface area contributed by atoms with E-state index in [9.17, 15) is 0 Å². The lowest BCUT2D eigenvalue weighted by Crippen LogP contribution is -2.37. The summed E-state index contributed by atoms with van der Waals surface area (Å²) in [4.78, 5) is 7.28. The van der Waals surface area contributed by atoms with Gasteiger partial charge in [0, 0.05) is 19.3 Å². The van der Waals surface area contributed by atoms with Crippen molar-refractivity contribution in [1.29, 1.82) is 0 Å². The maximum atomic E-state index is 4.66. The number of aliphatic imine (C=N–C) groups is 1. The quantitative estimate of drug-likeness (QED) is 0.402. The maximum Gasteiger partial charge on any atom is 0.191 e. The van der Waals surface area contributed by atoms with E-state index in [-0.39, 0.29) is 0 Å². The molecule has 0 aliphatic carbocycles. The average molecular weight is 372 g/mol. The Hall–Kier alpha value is -2.15. The number of piperidine rings is 1. The van der Waals surface area contributed by atoms with Crippen molar-refractivity contribution in [2.24, 2.45) is 4.99 Å². The van der Waals surface area contributed by atoms with Gasteiger partial charge in [-0.25, -0.2) is 4.99 Å². The number of hydrogen-bond acceptors (Lipinski definition) is 4. The smallest absolute Gasteiger partial charge is 0.191 e. The largest absolute Gasteiger partial charge is 0.357 e. The van der Waals surface area contributed by atoms with Crippen LogP contribution in [-0.2, 0) is 6.54 Å². The minimum absolute atomic E-state index is 0.509. The molecule has 1 fully saturated rings. The number of fused-ring (bicyclic) bond motifs is 1. The Balaban J connectivity index is 1.38. The van der Waals surface area contributed by atoms with Gasteiger partial charge in [-0.05, 0) is 64.4 Å². The minimum atomic E-state index is 0.509. The van der Waals surface area contributed by atoms with Gasteiger partial charge in [-0.1, -0.05) is 18.9 Å². The molecule has 0 aromatic carbocycles. The first-order valence-electron chi connectivity index (χ1n) is 10.4. The number of aromatic nitrogens is 3. The second-order valence-electron chi connectivity index (χ2n) is 7.13. The van der Waals surface area contributed by atoms with Gasteiger partial charge in [0.25, 0.3) is 0 Å². The SMILES string of the molecule is CCNC(=NCc1nnc2ccccn12)NCCCCCN1CCCCC1. The fraction of sp³-hybridized carbons (Fsp3) is 0.650. The van der Waals surface area contributed by atoms with Crippen molar-refractivity contribution in [1.82, 2.24) is 30.1 Å². The summed E-state index contributed by atoms with van der Waals surface area (Å²) in [7, 11) is 0. The predicted octanol–water partition coefficient (Wildman–Crippen LogP) is 2.44. The molecule has 0 saturated carbocycles. The van der Waals surface area contributed by atoms with E-state index in [0.29, 0.717) is 6.54 Å². The van der Waals surface area contributed by atoms with Gasteiger partial charge in [0.1, 0.15) is 6.54 Å². The second-order valence-corrected chi connectivity index (χ2v) is 7.13. The normalized spacial score (nSPS) is 16.0. The number of hydrogen-bond donors (Lipinski definition) is 2. The van der Waals surface area contributed by atoms with Gasteiger partial charge in [-0.2, -0.15) is 0 Å². The third-order valence-electron chi connectivity index (χ3n) is 5.00. The van der Waals surface area contributed by atoms with E-state index < -0.39 is 0 Å². The highest BCUT2D eigenvalue weighted by atomic mass is 15.3. The van der Waals surface area contributed by atoms with Crippen molar-refractivity contribution < 1.29 is 0 Å². The lowest BCUT2D eigenvalue weighted by molar-refractivity contribution is 0.224. The van der Waals surface area contributed by atoms with Gasteiger partial charge in [0.2, 0.25) is 0 Å². The first-order chi connectivity index (χ1) is 13.4. The van der Waals surface area contributed by atoms with Gasteiger partial charge in [0.15, 0.2) is 17.4 Å². The van der Waals surface area contributed by atoms with Crippen LogP contribution >= 0.6 is 0 Å². The summed E-state index contributed by atoms with van der Waals surface area (Å²) in [5.41, 5.74) is 0.856. The third-order valence-corrected chi connectivity index (χ3v) is 5.00. The van der Waals surface area contributed by atoms with Crippen LogP contribution in [0.15, 0.2) is 29.4 Å². The zero-order valence-electron chi connectivity index (χ0n) is 16.5. The Bertz CT molecular complexity index is 703. The summed E-state index contributed by atoms with van der Waals surface area (Å²) in [6, 6.07) is 5.90. The lowest BCUT2D eigenvalue weighted by Gasteiger charge is -2.26. The molecule has 0 spiro atoms. The first kappa shape index (κ1) is 19.6. The van der Waals surface area contributed by atoms with Gasteiger partial charge in [-0.3, -0.25) is 4.40 Å². The van der Waals surface area contributed by atoms with Crippen molar-refractivity contribution in [2.75, 3.05) is 32.7 Å². The molecule has 0 radical (unpaired) electrons. The van der Waals surface area contributed by atoms with E-state index in [1.165, 1.54) is 58.2 Å². The second kappa shape index (κ2) is 10.9. The number of nitrogens with zero attached hydrogens (tertiary/aromatic N) is 5. The molecule has 1 saturated heterocycles. The van der Waals surface area contributed by atoms with E-state index in [1.807, 2.05) is 28.8 Å². The van der Waals surface area contributed by atoms with Gasteiger partial charge in [0.05, 0.1) is 0 Å². The summed E-state index contributed by atoms with van der Waals surface area (Å²) >= 11 is 0. The minimum Gasteiger partial charge on any atom is -0.357 e. The predicted molar refractivity (Wildman–Crippen MR) is 110 cm³/mol. The number of pyridine rings is 1. The summed E-state index contributed by atoms with van der Waals surface area (Å²) in [6.07, 6.45) is 9.88. The number of nitrogens with one attached hydrogen (secondary N) is 2. The van der Waals surface area contributed by atoms with Crippen molar-refractivity contribution in [2.45, 2.75) is 52.0 Å². The van der Waals surface area contributed by atoms with E-state index in [0.717, 1.165) is 30.5 Å². The van der Waals surface area contributed by atoms with Crippen molar-refractivity contribution in [3.05, 3.63) is 30.2 Å². The Kier molecular flexibility index (Phi) is 7.89. The van der Waals surface area contributed by atoms with Gasteiger partial charge >= 0.3 is 0 Å². The molecule has 3 heterocycles. The fourth-order valence-corrected chi connectivity index (χ4v) is 3.52. The summed E-state index contributed by atoms with van der Waals surface area (Å²) in [6.45, 7) is 8.25. The highest BCUT2D eigenvalue weighted by molar-refractivity contribution is 5.79. The Morgan fingerprint density at radius 3 is 2.81 bits per heavy atom. The highest BCUT2D eigenvalue weighted by Gasteiger charge is 2.09. The van der Waals surface area contributed by atoms with E-state index in [1.54, 1.807) is 0 Å². The molecule has 2 N–H and O–H groups in total. The molecule has 2 aromatic heterocycles. The van der Waals surface area contributed by atoms with Crippen LogP contribution in [0.25, 0.3) is 5.65 Å². The zero-order chi connectivity index (χ0) is 18.7. The number of guanidine groups is 1. The monoisotopic (exact) mass is 371 g/mol. The first-order valence-corrected chi connectivity index (χ1v) is 10.4. The average Bonchev–Trinajstić information content (AvgIpc) is 3.12. The molecular formula is C20H33N7. The van der Waals surface area contributed by atoms with E-state index >= 15 is 0 Å². The summed E-state index contributed by atoms with van der Waals surface area (Å²) < 4.78 is 1.98. The summed E-state index contributed by atoms with van der Waals surface area (Å²) in [5.74, 6) is 1.70. The molecule has 0 atom stereocenters. The molecule has 27 heavy (non-hydrogen) atoms. The number of unbranched alkanes of at least 4 members (excludes halogenated alkanes) is 2. The van der Waals surface area contributed by atoms with Crippen LogP contribution in [0.1, 0.15) is 51.3 Å². The van der Waals surface area contributed by atoms with Crippen LogP contribution in [0.5, 0.6) is 0 Å². The molecule has 7 nitrogen and oxygen atoms in total. The molecule has 3 rings (SSSR count). The van der Waals surface area contributed by atoms with Crippen molar-refractivity contribution in [3.8, 4) is 0 Å². The van der Waals surface area contributed by atoms with Crippen LogP contribution in [0.4, 0.5) is 0 Å². The molecule has 148 valence electrons. The summed E-state index contributed by atoms with van der Waals surface area (Å²) in [5, 5.41) is 15.2. The van der Waals surface area contributed by atoms with Crippen LogP contribution in [0.3, 0.4) is 0 Å². The van der Waals surface area contributed by atoms with Crippen molar-refractivity contribution >= 4 is 11.6 Å². The highest BCUT2D eigenvalue weighted by Crippen LogP contribution is 2.09. The van der Waals surface area contributed by atoms with Crippen LogP contribution < -0.4 is 10.6 Å². The maximum absolute atomic E-state index is 4.66. The molecule has 0 unspecified atom stereocenters. The molecule has 0 bridgehead atoms. The fourth-order valence-electron chi connectivity index (χ4n) is 3.52. The molecular weight excluding hydrogens is 338 g/mol. The third kappa shape index (κ3) is 6.20. The topological polar surface area (TPSA) is 69.8 Å². The Morgan fingerprint density at radius 1 is 1.07 bits per heavy atom. The molecule has 0 amide bonds. The van der Waals surface area contributed by atoms with Crippen LogP contribution in [-0.4, -0.2) is 58.2 Å². The molecule has 2 aromatic rings. The zero-order valence-corrected chi connectivity index (χ0v) is 16.5. The molecule has 7 heteroatoms. The van der Waals surface area contributed by atoms with Gasteiger partial charge in [-0.15, -0.1) is 10.2 Å².